The molecule has 0 bridgehead atoms. The Morgan fingerprint density at radius 3 is 2.05 bits per heavy atom. The van der Waals surface area contributed by atoms with Crippen LogP contribution in [-0.4, -0.2) is 191 Å². The van der Waals surface area contributed by atoms with Crippen LogP contribution in [0.2, 0.25) is 0 Å². The Kier molecular flexibility index (Phi) is 14.8. The average molecular weight is 935 g/mol. The monoisotopic (exact) mass is 934 g/mol. The van der Waals surface area contributed by atoms with Gasteiger partial charge < -0.3 is 109 Å². The lowest BCUT2D eigenvalue weighted by molar-refractivity contribution is -0.323. The van der Waals surface area contributed by atoms with Gasteiger partial charge in [0.05, 0.1) is 26.4 Å². The first-order valence-corrected chi connectivity index (χ1v) is 20.4. The van der Waals surface area contributed by atoms with Gasteiger partial charge in [-0.2, -0.15) is 0 Å². The fourth-order valence-corrected chi connectivity index (χ4v) is 7.56. The van der Waals surface area contributed by atoms with Crippen molar-refractivity contribution in [1.82, 2.24) is 0 Å². The smallest absolute Gasteiger partial charge is 0.331 e. The maximum Gasteiger partial charge on any atom is 0.331 e. The number of allylic oxidation sites excluding steroid dienone is 2. The Hall–Kier alpha value is -5.51. The average Bonchev–Trinajstić information content (AvgIpc) is 3.29. The lowest BCUT2D eigenvalue weighted by atomic mass is 9.96. The molecule has 5 aliphatic rings. The number of phenolic OH excluding ortho intramolecular Hbond substituents is 3. The van der Waals surface area contributed by atoms with E-state index in [9.17, 15) is 71.2 Å². The molecule has 360 valence electrons. The Morgan fingerprint density at radius 2 is 1.38 bits per heavy atom. The van der Waals surface area contributed by atoms with Crippen LogP contribution in [0.5, 0.6) is 23.0 Å². The zero-order valence-electron chi connectivity index (χ0n) is 34.9. The van der Waals surface area contributed by atoms with E-state index >= 15 is 0 Å². The summed E-state index contributed by atoms with van der Waals surface area (Å²) in [4.78, 5) is 12.6. The van der Waals surface area contributed by atoms with Crippen LogP contribution in [0, 0.1) is 0 Å². The van der Waals surface area contributed by atoms with Crippen molar-refractivity contribution in [3.63, 3.8) is 0 Å². The normalized spacial score (nSPS) is 35.8. The zero-order valence-corrected chi connectivity index (χ0v) is 34.9. The first kappa shape index (κ1) is 48.4. The summed E-state index contributed by atoms with van der Waals surface area (Å²) in [7, 11) is 1.20. The molecule has 4 aliphatic heterocycles. The van der Waals surface area contributed by atoms with E-state index in [-0.39, 0.29) is 39.9 Å². The molecule has 0 aromatic heterocycles. The molecule has 3 saturated heterocycles. The van der Waals surface area contributed by atoms with Crippen molar-refractivity contribution in [3.8, 4) is 23.0 Å². The zero-order chi connectivity index (χ0) is 47.7. The number of methoxy groups -OCH3 is 1. The van der Waals surface area contributed by atoms with Gasteiger partial charge in [-0.1, -0.05) is 12.1 Å². The molecule has 0 amide bonds. The minimum atomic E-state index is -2.00. The van der Waals surface area contributed by atoms with Crippen LogP contribution in [0.15, 0.2) is 83.6 Å². The number of ether oxygens (including phenoxy) is 9. The highest BCUT2D eigenvalue weighted by molar-refractivity contribution is 5.87. The predicted molar refractivity (Wildman–Crippen MR) is 217 cm³/mol. The van der Waals surface area contributed by atoms with Gasteiger partial charge in [-0.15, -0.1) is 0 Å². The van der Waals surface area contributed by atoms with Crippen LogP contribution in [0.1, 0.15) is 18.1 Å². The van der Waals surface area contributed by atoms with Crippen LogP contribution in [0.25, 0.3) is 11.8 Å². The van der Waals surface area contributed by atoms with E-state index in [1.54, 1.807) is 12.1 Å². The fraction of sp³-hybridized carbons (Fsp3) is 0.465. The summed E-state index contributed by atoms with van der Waals surface area (Å²) in [5, 5.41) is 137. The first-order valence-electron chi connectivity index (χ1n) is 20.4. The topological polar surface area (TPSA) is 363 Å². The molecular weight excluding hydrogens is 884 g/mol. The summed E-state index contributed by atoms with van der Waals surface area (Å²) < 4.78 is 51.5. The third-order valence-corrected chi connectivity index (χ3v) is 11.2. The molecule has 16 unspecified atom stereocenters. The summed E-state index contributed by atoms with van der Waals surface area (Å²) in [5.41, 5.74) is 0.564. The third-order valence-electron chi connectivity index (χ3n) is 11.2. The van der Waals surface area contributed by atoms with Crippen LogP contribution in [0.4, 0.5) is 0 Å². The van der Waals surface area contributed by atoms with E-state index in [1.807, 2.05) is 0 Å². The third kappa shape index (κ3) is 10.1. The number of aromatic hydroxyl groups is 3. The maximum absolute atomic E-state index is 12.6. The number of benzene rings is 2. The number of esters is 1. The highest BCUT2D eigenvalue weighted by Crippen LogP contribution is 2.44. The van der Waals surface area contributed by atoms with E-state index in [0.29, 0.717) is 5.56 Å². The van der Waals surface area contributed by atoms with Crippen molar-refractivity contribution in [2.75, 3.05) is 20.3 Å². The SMILES string of the molecule is COc1cc(C2=C(OC3OC(COC4OC(C)C(OC(=O)C=Cc5ccc(O)cc5)C(O)C4O)C(O)C(O)C3O)C=C3C(OC4OC(CO)C(O)C(O)C4O)=CC(O)=CC3O2)cc(O)c1O. The van der Waals surface area contributed by atoms with E-state index < -0.39 is 135 Å². The van der Waals surface area contributed by atoms with Crippen LogP contribution >= 0.6 is 0 Å². The summed E-state index contributed by atoms with van der Waals surface area (Å²) >= 11 is 0. The highest BCUT2D eigenvalue weighted by Gasteiger charge is 2.50. The van der Waals surface area contributed by atoms with Gasteiger partial charge in [0.25, 0.3) is 0 Å². The van der Waals surface area contributed by atoms with Crippen LogP contribution in [0.3, 0.4) is 0 Å². The molecule has 2 aromatic rings. The second-order valence-corrected chi connectivity index (χ2v) is 15.8. The maximum atomic E-state index is 12.6. The summed E-state index contributed by atoms with van der Waals surface area (Å²) in [6.07, 6.45) is -20.7. The van der Waals surface area contributed by atoms with Gasteiger partial charge >= 0.3 is 5.97 Å². The molecular formula is C43H50O23. The van der Waals surface area contributed by atoms with Gasteiger partial charge in [0, 0.05) is 29.4 Å². The van der Waals surface area contributed by atoms with Crippen molar-refractivity contribution >= 4 is 17.8 Å². The van der Waals surface area contributed by atoms with Crippen molar-refractivity contribution in [2.45, 2.75) is 105 Å². The van der Waals surface area contributed by atoms with E-state index in [0.717, 1.165) is 18.2 Å². The predicted octanol–water partition coefficient (Wildman–Crippen LogP) is -2.11. The number of hydrogen-bond acceptors (Lipinski definition) is 23. The summed E-state index contributed by atoms with van der Waals surface area (Å²) in [6, 6.07) is 8.21. The molecule has 0 saturated carbocycles. The lowest BCUT2D eigenvalue weighted by Crippen LogP contribution is -2.61. The number of hydrogen-bond donors (Lipinski definition) is 13. The molecule has 0 spiro atoms. The number of aliphatic hydroxyl groups is 10. The number of carbonyl (C=O) groups excluding carboxylic acids is 1. The van der Waals surface area contributed by atoms with Crippen LogP contribution < -0.4 is 4.74 Å². The minimum Gasteiger partial charge on any atom is -0.508 e. The summed E-state index contributed by atoms with van der Waals surface area (Å²) in [6.45, 7) is -0.0192. The highest BCUT2D eigenvalue weighted by atomic mass is 16.7. The number of carbonyl (C=O) groups is 1. The quantitative estimate of drug-likeness (QED) is 0.0581. The van der Waals surface area contributed by atoms with Gasteiger partial charge in [0.1, 0.15) is 84.4 Å². The standard InChI is InChI=1S/C43H50O23/c1-16-39(66-29(48)8-5-17-3-6-19(45)7-4-17)35(54)38(57)41(60-16)59-15-28-32(51)34(53)37(56)43(65-28)63-26-13-21-23(61-40(26)18-9-22(47)30(49)25(10-18)58-2)11-20(46)12-24(21)62-42-36(55)33(52)31(50)27(14-44)64-42/h3-13,16,23,27-28,31-39,41-47,49-57H,14-15H2,1-2H3. The Bertz CT molecular complexity index is 2220. The fourth-order valence-electron chi connectivity index (χ4n) is 7.56. The Balaban J connectivity index is 1.11. The molecule has 4 heterocycles. The first-order chi connectivity index (χ1) is 31.4. The molecule has 23 heteroatoms. The van der Waals surface area contributed by atoms with Crippen molar-refractivity contribution in [2.24, 2.45) is 0 Å². The Labute approximate surface area is 374 Å². The van der Waals surface area contributed by atoms with E-state index in [2.05, 4.69) is 0 Å². The van der Waals surface area contributed by atoms with E-state index in [4.69, 9.17) is 42.6 Å². The lowest BCUT2D eigenvalue weighted by Gasteiger charge is -2.43. The second-order valence-electron chi connectivity index (χ2n) is 15.8. The summed E-state index contributed by atoms with van der Waals surface area (Å²) in [5.74, 6) is -3.69. The van der Waals surface area contributed by atoms with Crippen molar-refractivity contribution < 1.29 is 114 Å². The Morgan fingerprint density at radius 1 is 0.742 bits per heavy atom. The molecule has 2 aromatic carbocycles. The minimum absolute atomic E-state index is 0.0227. The molecule has 0 radical (unpaired) electrons. The van der Waals surface area contributed by atoms with Crippen LogP contribution in [-0.2, 0) is 42.7 Å². The number of fused-ring (bicyclic) bond motifs is 1. The van der Waals surface area contributed by atoms with Gasteiger partial charge in [0.2, 0.25) is 18.3 Å². The number of aliphatic hydroxyl groups excluding tert-OH is 10. The molecule has 66 heavy (non-hydrogen) atoms. The van der Waals surface area contributed by atoms with Gasteiger partial charge in [-0.05, 0) is 48.9 Å². The van der Waals surface area contributed by atoms with Crippen molar-refractivity contribution in [1.29, 1.82) is 0 Å². The van der Waals surface area contributed by atoms with Gasteiger partial charge in [-0.25, -0.2) is 4.79 Å². The largest absolute Gasteiger partial charge is 0.508 e. The number of rotatable bonds is 13. The molecule has 3 fully saturated rings. The molecule has 13 N–H and O–H groups in total. The second kappa shape index (κ2) is 20.2. The molecule has 1 aliphatic carbocycles. The van der Waals surface area contributed by atoms with Gasteiger partial charge in [-0.3, -0.25) is 0 Å². The molecule has 23 nitrogen and oxygen atoms in total. The van der Waals surface area contributed by atoms with E-state index in [1.165, 1.54) is 50.5 Å². The molecule has 16 atom stereocenters. The van der Waals surface area contributed by atoms with Crippen molar-refractivity contribution in [3.05, 3.63) is 94.7 Å². The number of phenols is 3. The molecule has 7 rings (SSSR count). The van der Waals surface area contributed by atoms with Gasteiger partial charge in [0.15, 0.2) is 35.4 Å².